The molecule has 1 aromatic carbocycles. The largest absolute Gasteiger partial charge is 0.399 e. The molecule has 20 heavy (non-hydrogen) atoms. The summed E-state index contributed by atoms with van der Waals surface area (Å²) in [6, 6.07) is 6.23. The molecule has 0 aromatic heterocycles. The van der Waals surface area contributed by atoms with Gasteiger partial charge in [-0.2, -0.15) is 0 Å². The number of benzene rings is 1. The van der Waals surface area contributed by atoms with Crippen LogP contribution in [0.3, 0.4) is 0 Å². The van der Waals surface area contributed by atoms with E-state index < -0.39 is 0 Å². The van der Waals surface area contributed by atoms with Gasteiger partial charge in [-0.15, -0.1) is 0 Å². The highest BCUT2D eigenvalue weighted by atomic mass is 15.3. The van der Waals surface area contributed by atoms with Gasteiger partial charge < -0.3 is 10.6 Å². The maximum Gasteiger partial charge on any atom is 0.0317 e. The minimum Gasteiger partial charge on any atom is -0.399 e. The second-order valence-corrected chi connectivity index (χ2v) is 6.11. The van der Waals surface area contributed by atoms with E-state index in [0.29, 0.717) is 0 Å². The fraction of sp³-hybridized carbons (Fsp3) is 0.625. The van der Waals surface area contributed by atoms with Gasteiger partial charge in [0.25, 0.3) is 0 Å². The number of likely N-dealkylation sites (N-methyl/N-ethyl adjacent to an activating group) is 1. The molecule has 1 fully saturated rings. The lowest BCUT2D eigenvalue weighted by Crippen LogP contribution is -2.47. The fourth-order valence-electron chi connectivity index (χ4n) is 2.62. The highest BCUT2D eigenvalue weighted by Gasteiger charge is 2.17. The molecule has 0 amide bonds. The van der Waals surface area contributed by atoms with Crippen molar-refractivity contribution in [2.45, 2.75) is 13.5 Å². The smallest absolute Gasteiger partial charge is 0.0317 e. The summed E-state index contributed by atoms with van der Waals surface area (Å²) in [5.41, 5.74) is 9.47. The first-order valence-electron chi connectivity index (χ1n) is 7.49. The van der Waals surface area contributed by atoms with Crippen molar-refractivity contribution in [3.63, 3.8) is 0 Å². The third kappa shape index (κ3) is 4.47. The Kier molecular flexibility index (Phi) is 5.40. The van der Waals surface area contributed by atoms with E-state index in [2.05, 4.69) is 47.9 Å². The van der Waals surface area contributed by atoms with E-state index >= 15 is 0 Å². The van der Waals surface area contributed by atoms with Crippen LogP contribution in [0.4, 0.5) is 5.69 Å². The van der Waals surface area contributed by atoms with Crippen LogP contribution in [0.15, 0.2) is 18.2 Å². The van der Waals surface area contributed by atoms with Gasteiger partial charge in [0, 0.05) is 51.5 Å². The summed E-state index contributed by atoms with van der Waals surface area (Å²) in [6.45, 7) is 10.2. The Hall–Kier alpha value is -1.10. The monoisotopic (exact) mass is 276 g/mol. The standard InChI is InChI=1S/C16H28N4/c1-14-4-5-16(17)12-15(14)13-20-10-8-19(9-11-20)7-6-18(2)3/h4-5,12H,6-11,13,17H2,1-3H3. The lowest BCUT2D eigenvalue weighted by atomic mass is 10.1. The maximum absolute atomic E-state index is 5.89. The normalized spacial score (nSPS) is 17.8. The van der Waals surface area contributed by atoms with Crippen molar-refractivity contribution in [3.8, 4) is 0 Å². The van der Waals surface area contributed by atoms with Crippen LogP contribution in [-0.4, -0.2) is 68.1 Å². The van der Waals surface area contributed by atoms with E-state index in [0.717, 1.165) is 31.9 Å². The molecule has 0 bridgehead atoms. The summed E-state index contributed by atoms with van der Waals surface area (Å²) < 4.78 is 0. The lowest BCUT2D eigenvalue weighted by molar-refractivity contribution is 0.120. The lowest BCUT2D eigenvalue weighted by Gasteiger charge is -2.35. The summed E-state index contributed by atoms with van der Waals surface area (Å²) in [6.07, 6.45) is 0. The average Bonchev–Trinajstić information content (AvgIpc) is 2.42. The Bertz CT molecular complexity index is 422. The van der Waals surface area contributed by atoms with Crippen LogP contribution in [0.2, 0.25) is 0 Å². The summed E-state index contributed by atoms with van der Waals surface area (Å²) >= 11 is 0. The second-order valence-electron chi connectivity index (χ2n) is 6.11. The van der Waals surface area contributed by atoms with Crippen LogP contribution >= 0.6 is 0 Å². The van der Waals surface area contributed by atoms with Gasteiger partial charge in [0.1, 0.15) is 0 Å². The zero-order valence-electron chi connectivity index (χ0n) is 13.1. The molecule has 0 spiro atoms. The van der Waals surface area contributed by atoms with E-state index in [4.69, 9.17) is 5.73 Å². The highest BCUT2D eigenvalue weighted by molar-refractivity contribution is 5.44. The number of aryl methyl sites for hydroxylation is 1. The van der Waals surface area contributed by atoms with Crippen molar-refractivity contribution < 1.29 is 0 Å². The molecule has 0 atom stereocenters. The van der Waals surface area contributed by atoms with Crippen LogP contribution < -0.4 is 5.73 Å². The summed E-state index contributed by atoms with van der Waals surface area (Å²) in [5.74, 6) is 0. The Morgan fingerprint density at radius 3 is 2.40 bits per heavy atom. The van der Waals surface area contributed by atoms with Gasteiger partial charge in [0.05, 0.1) is 0 Å². The van der Waals surface area contributed by atoms with Crippen molar-refractivity contribution in [3.05, 3.63) is 29.3 Å². The van der Waals surface area contributed by atoms with Gasteiger partial charge in [0.2, 0.25) is 0 Å². The Morgan fingerprint density at radius 1 is 1.10 bits per heavy atom. The van der Waals surface area contributed by atoms with Crippen molar-refractivity contribution in [1.82, 2.24) is 14.7 Å². The van der Waals surface area contributed by atoms with Crippen LogP contribution in [0.25, 0.3) is 0 Å². The molecular weight excluding hydrogens is 248 g/mol. The molecule has 2 rings (SSSR count). The van der Waals surface area contributed by atoms with Gasteiger partial charge in [0.15, 0.2) is 0 Å². The third-order valence-electron chi connectivity index (χ3n) is 4.10. The molecular formula is C16H28N4. The zero-order valence-corrected chi connectivity index (χ0v) is 13.1. The number of nitrogens with two attached hydrogens (primary N) is 1. The van der Waals surface area contributed by atoms with Gasteiger partial charge in [-0.3, -0.25) is 9.80 Å². The Morgan fingerprint density at radius 2 is 1.75 bits per heavy atom. The van der Waals surface area contributed by atoms with Crippen molar-refractivity contribution >= 4 is 5.69 Å². The fourth-order valence-corrected chi connectivity index (χ4v) is 2.62. The minimum absolute atomic E-state index is 0.871. The molecule has 2 N–H and O–H groups in total. The molecule has 1 aliphatic heterocycles. The molecule has 112 valence electrons. The summed E-state index contributed by atoms with van der Waals surface area (Å²) in [7, 11) is 4.28. The van der Waals surface area contributed by atoms with Gasteiger partial charge >= 0.3 is 0 Å². The average molecular weight is 276 g/mol. The first kappa shape index (κ1) is 15.3. The Labute approximate surface area is 123 Å². The molecule has 0 aliphatic carbocycles. The summed E-state index contributed by atoms with van der Waals surface area (Å²) in [4.78, 5) is 7.35. The highest BCUT2D eigenvalue weighted by Crippen LogP contribution is 2.16. The van der Waals surface area contributed by atoms with E-state index in [1.54, 1.807) is 0 Å². The summed E-state index contributed by atoms with van der Waals surface area (Å²) in [5, 5.41) is 0. The molecule has 0 radical (unpaired) electrons. The predicted octanol–water partition coefficient (Wildman–Crippen LogP) is 1.26. The van der Waals surface area contributed by atoms with Crippen LogP contribution in [0.1, 0.15) is 11.1 Å². The first-order valence-corrected chi connectivity index (χ1v) is 7.49. The van der Waals surface area contributed by atoms with Gasteiger partial charge in [-0.1, -0.05) is 6.07 Å². The Balaban J connectivity index is 1.81. The van der Waals surface area contributed by atoms with E-state index in [9.17, 15) is 0 Å². The van der Waals surface area contributed by atoms with Gasteiger partial charge in [-0.25, -0.2) is 0 Å². The first-order chi connectivity index (χ1) is 9.54. The number of piperazine rings is 1. The van der Waals surface area contributed by atoms with Crippen LogP contribution in [0, 0.1) is 6.92 Å². The molecule has 4 nitrogen and oxygen atoms in total. The van der Waals surface area contributed by atoms with E-state index in [-0.39, 0.29) is 0 Å². The molecule has 1 aliphatic rings. The number of hydrogen-bond acceptors (Lipinski definition) is 4. The van der Waals surface area contributed by atoms with Crippen molar-refractivity contribution in [2.24, 2.45) is 0 Å². The maximum atomic E-state index is 5.89. The minimum atomic E-state index is 0.871. The molecule has 0 unspecified atom stereocenters. The third-order valence-corrected chi connectivity index (χ3v) is 4.10. The predicted molar refractivity (Wildman–Crippen MR) is 85.9 cm³/mol. The van der Waals surface area contributed by atoms with E-state index in [1.807, 2.05) is 6.07 Å². The molecule has 1 heterocycles. The van der Waals surface area contributed by atoms with E-state index in [1.165, 1.54) is 30.8 Å². The quantitative estimate of drug-likeness (QED) is 0.821. The number of nitrogens with zero attached hydrogens (tertiary/aromatic N) is 3. The number of nitrogen functional groups attached to an aromatic ring is 1. The zero-order chi connectivity index (χ0) is 14.5. The molecule has 1 aromatic rings. The van der Waals surface area contributed by atoms with Crippen molar-refractivity contribution in [2.75, 3.05) is 59.1 Å². The van der Waals surface area contributed by atoms with Crippen molar-refractivity contribution in [1.29, 1.82) is 0 Å². The number of hydrogen-bond donors (Lipinski definition) is 1. The SMILES string of the molecule is Cc1ccc(N)cc1CN1CCN(CCN(C)C)CC1. The molecule has 1 saturated heterocycles. The van der Waals surface area contributed by atoms with Crippen LogP contribution in [0.5, 0.6) is 0 Å². The second kappa shape index (κ2) is 7.07. The molecule has 4 heteroatoms. The number of anilines is 1. The van der Waals surface area contributed by atoms with Gasteiger partial charge in [-0.05, 0) is 44.3 Å². The van der Waals surface area contributed by atoms with Crippen LogP contribution in [-0.2, 0) is 6.54 Å². The number of rotatable bonds is 5. The molecule has 0 saturated carbocycles. The topological polar surface area (TPSA) is 35.7 Å².